The summed E-state index contributed by atoms with van der Waals surface area (Å²) in [6.45, 7) is 5.84. The molecule has 0 aromatic rings. The molecule has 41 valence electrons. The maximum atomic E-state index is 4.89. The molecule has 0 spiro atoms. The Kier molecular flexibility index (Phi) is 4.20. The Bertz CT molecular complexity index is 68.5. The van der Waals surface area contributed by atoms with E-state index in [1.165, 1.54) is 0 Å². The van der Waals surface area contributed by atoms with Gasteiger partial charge in [0.05, 0.1) is 12.4 Å². The van der Waals surface area contributed by atoms with Gasteiger partial charge in [0, 0.05) is 4.99 Å². The highest BCUT2D eigenvalue weighted by Gasteiger charge is 1.79. The van der Waals surface area contributed by atoms with E-state index in [0.717, 1.165) is 5.76 Å². The molecule has 0 amide bonds. The zero-order chi connectivity index (χ0) is 5.70. The molecule has 0 aliphatic carbocycles. The molecule has 7 heavy (non-hydrogen) atoms. The van der Waals surface area contributed by atoms with E-state index in [4.69, 9.17) is 4.74 Å². The molecule has 0 heterocycles. The van der Waals surface area contributed by atoms with Gasteiger partial charge in [-0.1, -0.05) is 15.9 Å². The van der Waals surface area contributed by atoms with Gasteiger partial charge in [-0.2, -0.15) is 0 Å². The molecule has 2 heteroatoms. The van der Waals surface area contributed by atoms with Gasteiger partial charge in [-0.15, -0.1) is 0 Å². The molecule has 0 saturated heterocycles. The smallest absolute Gasteiger partial charge is 0.0997 e. The molecule has 0 N–H and O–H groups in total. The van der Waals surface area contributed by atoms with E-state index in [-0.39, 0.29) is 0 Å². The molecule has 0 unspecified atom stereocenters. The molecule has 0 bridgehead atoms. The third-order valence-corrected chi connectivity index (χ3v) is 1.13. The van der Waals surface area contributed by atoms with Crippen molar-refractivity contribution in [3.8, 4) is 0 Å². The molecule has 0 fully saturated rings. The van der Waals surface area contributed by atoms with Gasteiger partial charge in [0.2, 0.25) is 0 Å². The van der Waals surface area contributed by atoms with Crippen LogP contribution in [0.2, 0.25) is 0 Å². The van der Waals surface area contributed by atoms with Crippen molar-refractivity contribution in [1.82, 2.24) is 0 Å². The predicted octanol–water partition coefficient (Wildman–Crippen LogP) is 2.09. The fourth-order valence-electron chi connectivity index (χ4n) is 0.192. The summed E-state index contributed by atoms with van der Waals surface area (Å²) in [7, 11) is 0. The molecule has 0 aromatic heterocycles. The van der Waals surface area contributed by atoms with Crippen LogP contribution in [0.3, 0.4) is 0 Å². The molecule has 0 atom stereocenters. The van der Waals surface area contributed by atoms with Crippen molar-refractivity contribution in [2.24, 2.45) is 0 Å². The van der Waals surface area contributed by atoms with Gasteiger partial charge in [0.25, 0.3) is 0 Å². The van der Waals surface area contributed by atoms with E-state index >= 15 is 0 Å². The van der Waals surface area contributed by atoms with Crippen LogP contribution >= 0.6 is 15.9 Å². The normalized spacial score (nSPS) is 11.6. The summed E-state index contributed by atoms with van der Waals surface area (Å²) in [5.41, 5.74) is 0. The highest BCUT2D eigenvalue weighted by molar-refractivity contribution is 9.11. The second kappa shape index (κ2) is 4.19. The van der Waals surface area contributed by atoms with E-state index in [2.05, 4.69) is 22.9 Å². The zero-order valence-electron chi connectivity index (χ0n) is 4.28. The SMILES string of the molecule is [CH2]COC(C)=CBr. The van der Waals surface area contributed by atoms with Crippen molar-refractivity contribution < 1.29 is 4.74 Å². The lowest BCUT2D eigenvalue weighted by Gasteiger charge is -1.97. The Labute approximate surface area is 52.5 Å². The predicted molar refractivity (Wildman–Crippen MR) is 34.0 cm³/mol. The molecule has 0 rings (SSSR count). The lowest BCUT2D eigenvalue weighted by atomic mass is 10.6. The third kappa shape index (κ3) is 3.86. The average molecular weight is 164 g/mol. The first kappa shape index (κ1) is 7.02. The van der Waals surface area contributed by atoms with Gasteiger partial charge in [0.1, 0.15) is 0 Å². The Hall–Kier alpha value is 0.0200. The Morgan fingerprint density at radius 3 is 2.71 bits per heavy atom. The maximum absolute atomic E-state index is 4.89. The number of ether oxygens (including phenoxy) is 1. The number of rotatable bonds is 2. The van der Waals surface area contributed by atoms with Gasteiger partial charge in [-0.05, 0) is 13.8 Å². The second-order valence-corrected chi connectivity index (χ2v) is 1.53. The second-order valence-electron chi connectivity index (χ2n) is 1.07. The van der Waals surface area contributed by atoms with Crippen LogP contribution in [-0.4, -0.2) is 6.61 Å². The van der Waals surface area contributed by atoms with Crippen LogP contribution in [0.1, 0.15) is 6.92 Å². The van der Waals surface area contributed by atoms with Crippen LogP contribution in [0.25, 0.3) is 0 Å². The Balaban J connectivity index is 3.17. The molecule has 0 aliphatic rings. The fraction of sp³-hybridized carbons (Fsp3) is 0.400. The molecule has 1 radical (unpaired) electrons. The van der Waals surface area contributed by atoms with E-state index in [0.29, 0.717) is 6.61 Å². The minimum absolute atomic E-state index is 0.494. The van der Waals surface area contributed by atoms with E-state index in [9.17, 15) is 0 Å². The largest absolute Gasteiger partial charge is 0.498 e. The van der Waals surface area contributed by atoms with E-state index < -0.39 is 0 Å². The van der Waals surface area contributed by atoms with Crippen LogP contribution in [-0.2, 0) is 4.74 Å². The molecule has 0 saturated carbocycles. The minimum Gasteiger partial charge on any atom is -0.498 e. The molecular weight excluding hydrogens is 156 g/mol. The number of halogens is 1. The van der Waals surface area contributed by atoms with Crippen LogP contribution in [0.4, 0.5) is 0 Å². The summed E-state index contributed by atoms with van der Waals surface area (Å²) in [5.74, 6) is 0.856. The van der Waals surface area contributed by atoms with Crippen LogP contribution in [0.5, 0.6) is 0 Å². The standard InChI is InChI=1S/C5H8BrO/c1-3-7-5(2)4-6/h4H,1,3H2,2H3. The lowest BCUT2D eigenvalue weighted by Crippen LogP contribution is -1.83. The summed E-state index contributed by atoms with van der Waals surface area (Å²) < 4.78 is 4.89. The van der Waals surface area contributed by atoms with Crippen molar-refractivity contribution in [2.45, 2.75) is 6.92 Å². The highest BCUT2D eigenvalue weighted by atomic mass is 79.9. The van der Waals surface area contributed by atoms with Crippen molar-refractivity contribution >= 4 is 15.9 Å². The van der Waals surface area contributed by atoms with Gasteiger partial charge in [-0.3, -0.25) is 0 Å². The third-order valence-electron chi connectivity index (χ3n) is 0.483. The molecular formula is C5H8BrO. The van der Waals surface area contributed by atoms with E-state index in [1.54, 1.807) is 4.99 Å². The monoisotopic (exact) mass is 163 g/mol. The fourth-order valence-corrected chi connectivity index (χ4v) is 0.325. The first-order chi connectivity index (χ1) is 3.31. The number of hydrogen-bond acceptors (Lipinski definition) is 1. The van der Waals surface area contributed by atoms with Crippen LogP contribution in [0, 0.1) is 6.92 Å². The zero-order valence-corrected chi connectivity index (χ0v) is 5.86. The average Bonchev–Trinajstić information content (AvgIpc) is 1.68. The highest BCUT2D eigenvalue weighted by Crippen LogP contribution is 1.96. The van der Waals surface area contributed by atoms with Gasteiger partial charge < -0.3 is 4.74 Å². The first-order valence-corrected chi connectivity index (χ1v) is 2.92. The van der Waals surface area contributed by atoms with Crippen molar-refractivity contribution in [2.75, 3.05) is 6.61 Å². The summed E-state index contributed by atoms with van der Waals surface area (Å²) in [4.78, 5) is 1.72. The summed E-state index contributed by atoms with van der Waals surface area (Å²) in [6.07, 6.45) is 0. The van der Waals surface area contributed by atoms with E-state index in [1.807, 2.05) is 6.92 Å². The summed E-state index contributed by atoms with van der Waals surface area (Å²) >= 11 is 3.10. The lowest BCUT2D eigenvalue weighted by molar-refractivity contribution is 0.249. The molecule has 0 aromatic carbocycles. The molecule has 1 nitrogen and oxygen atoms in total. The quantitative estimate of drug-likeness (QED) is 0.567. The van der Waals surface area contributed by atoms with Crippen molar-refractivity contribution in [3.63, 3.8) is 0 Å². The topological polar surface area (TPSA) is 9.23 Å². The van der Waals surface area contributed by atoms with Gasteiger partial charge >= 0.3 is 0 Å². The van der Waals surface area contributed by atoms with Gasteiger partial charge in [-0.25, -0.2) is 0 Å². The summed E-state index contributed by atoms with van der Waals surface area (Å²) in [6, 6.07) is 0. The van der Waals surface area contributed by atoms with Crippen molar-refractivity contribution in [1.29, 1.82) is 0 Å². The van der Waals surface area contributed by atoms with Crippen molar-refractivity contribution in [3.05, 3.63) is 17.7 Å². The minimum atomic E-state index is 0.494. The number of hydrogen-bond donors (Lipinski definition) is 0. The first-order valence-electron chi connectivity index (χ1n) is 2.00. The summed E-state index contributed by atoms with van der Waals surface area (Å²) in [5, 5.41) is 0. The Morgan fingerprint density at radius 2 is 2.57 bits per heavy atom. The van der Waals surface area contributed by atoms with Crippen LogP contribution < -0.4 is 0 Å². The number of allylic oxidation sites excluding steroid dienone is 1. The maximum Gasteiger partial charge on any atom is 0.0997 e. The van der Waals surface area contributed by atoms with Gasteiger partial charge in [0.15, 0.2) is 0 Å². The van der Waals surface area contributed by atoms with Crippen LogP contribution in [0.15, 0.2) is 10.7 Å². The molecule has 0 aliphatic heterocycles. The Morgan fingerprint density at radius 1 is 2.00 bits per heavy atom.